The fourth-order valence-corrected chi connectivity index (χ4v) is 12.6. The number of hydrogen-bond donors (Lipinski definition) is 3. The summed E-state index contributed by atoms with van der Waals surface area (Å²) in [4.78, 5) is 72.7. The average molecular weight is 1350 g/mol. The maximum atomic E-state index is 13.1. The molecule has 6 atom stereocenters. The SMILES string of the molecule is CCC(C)CCCCCCCCCCC(=O)OC[C@H](COP(=O)(O)OC[C@H](O)COP(=O)(O)OC[C@@H](COC(=O)CCCCCCCCCCCCCC(C)C)OC(=O)CCCCCCCCCCCCCC(C)C)OC(=O)CCCCCCCCCCCC(C)C. The van der Waals surface area contributed by atoms with Gasteiger partial charge in [0.1, 0.15) is 19.3 Å². The molecule has 0 aliphatic heterocycles. The van der Waals surface area contributed by atoms with Gasteiger partial charge in [-0.2, -0.15) is 0 Å². The highest BCUT2D eigenvalue weighted by molar-refractivity contribution is 7.47. The van der Waals surface area contributed by atoms with E-state index in [9.17, 15) is 43.2 Å². The van der Waals surface area contributed by atoms with Crippen molar-refractivity contribution in [2.75, 3.05) is 39.6 Å². The van der Waals surface area contributed by atoms with Gasteiger partial charge in [-0.15, -0.1) is 0 Å². The minimum absolute atomic E-state index is 0.104. The Morgan fingerprint density at radius 2 is 0.522 bits per heavy atom. The fraction of sp³-hybridized carbons (Fsp3) is 0.945. The highest BCUT2D eigenvalue weighted by atomic mass is 31.2. The van der Waals surface area contributed by atoms with Gasteiger partial charge in [-0.05, 0) is 49.4 Å². The first-order chi connectivity index (χ1) is 44.1. The van der Waals surface area contributed by atoms with Gasteiger partial charge in [0.15, 0.2) is 12.2 Å². The van der Waals surface area contributed by atoms with Crippen molar-refractivity contribution in [3.63, 3.8) is 0 Å². The van der Waals surface area contributed by atoms with Crippen LogP contribution in [0.25, 0.3) is 0 Å². The van der Waals surface area contributed by atoms with E-state index in [1.807, 2.05) is 0 Å². The van der Waals surface area contributed by atoms with Crippen LogP contribution in [0.4, 0.5) is 0 Å². The van der Waals surface area contributed by atoms with Crippen LogP contribution < -0.4 is 0 Å². The van der Waals surface area contributed by atoms with Crippen LogP contribution in [0.3, 0.4) is 0 Å². The molecule has 0 fully saturated rings. The Morgan fingerprint density at radius 3 is 0.772 bits per heavy atom. The molecule has 0 heterocycles. The molecular weight excluding hydrogens is 1210 g/mol. The van der Waals surface area contributed by atoms with Crippen molar-refractivity contribution in [3.05, 3.63) is 0 Å². The zero-order chi connectivity index (χ0) is 68.2. The van der Waals surface area contributed by atoms with Crippen LogP contribution >= 0.6 is 15.6 Å². The quantitative estimate of drug-likeness (QED) is 0.0222. The van der Waals surface area contributed by atoms with E-state index in [1.54, 1.807) is 0 Å². The number of phosphoric ester groups is 2. The molecule has 0 spiro atoms. The summed E-state index contributed by atoms with van der Waals surface area (Å²) in [5.41, 5.74) is 0. The number of esters is 4. The van der Waals surface area contributed by atoms with E-state index in [-0.39, 0.29) is 25.7 Å². The molecule has 0 aliphatic rings. The topological polar surface area (TPSA) is 237 Å². The van der Waals surface area contributed by atoms with E-state index >= 15 is 0 Å². The van der Waals surface area contributed by atoms with Gasteiger partial charge < -0.3 is 33.8 Å². The molecule has 0 bridgehead atoms. The summed E-state index contributed by atoms with van der Waals surface area (Å²) in [5.74, 6) is 0.925. The molecule has 0 amide bonds. The Bertz CT molecular complexity index is 1820. The lowest BCUT2D eigenvalue weighted by Gasteiger charge is -2.21. The molecule has 0 radical (unpaired) electrons. The predicted molar refractivity (Wildman–Crippen MR) is 372 cm³/mol. The van der Waals surface area contributed by atoms with Crippen molar-refractivity contribution in [1.82, 2.24) is 0 Å². The van der Waals surface area contributed by atoms with Gasteiger partial charge in [-0.1, -0.05) is 312 Å². The molecule has 0 aromatic carbocycles. The smallest absolute Gasteiger partial charge is 0.462 e. The molecule has 17 nitrogen and oxygen atoms in total. The largest absolute Gasteiger partial charge is 0.472 e. The number of unbranched alkanes of at least 4 members (excludes halogenated alkanes) is 35. The number of hydrogen-bond acceptors (Lipinski definition) is 15. The van der Waals surface area contributed by atoms with E-state index in [1.165, 1.54) is 167 Å². The van der Waals surface area contributed by atoms with Gasteiger partial charge >= 0.3 is 39.5 Å². The summed E-state index contributed by atoms with van der Waals surface area (Å²) >= 11 is 0. The van der Waals surface area contributed by atoms with Crippen molar-refractivity contribution >= 4 is 39.5 Å². The number of ether oxygens (including phenoxy) is 4. The molecule has 0 aromatic heterocycles. The summed E-state index contributed by atoms with van der Waals surface area (Å²) in [6.45, 7) is 14.2. The Kier molecular flexibility index (Phi) is 61.3. The summed E-state index contributed by atoms with van der Waals surface area (Å²) in [6, 6.07) is 0. The van der Waals surface area contributed by atoms with E-state index in [2.05, 4.69) is 55.4 Å². The Labute approximate surface area is 562 Å². The highest BCUT2D eigenvalue weighted by Crippen LogP contribution is 2.45. The molecule has 92 heavy (non-hydrogen) atoms. The van der Waals surface area contributed by atoms with Gasteiger partial charge in [0.05, 0.1) is 26.4 Å². The molecule has 0 saturated heterocycles. The lowest BCUT2D eigenvalue weighted by Crippen LogP contribution is -2.30. The number of aliphatic hydroxyl groups is 1. The first-order valence-corrected chi connectivity index (χ1v) is 40.7. The maximum Gasteiger partial charge on any atom is 0.472 e. The number of aliphatic hydroxyl groups excluding tert-OH is 1. The molecule has 0 saturated carbocycles. The Balaban J connectivity index is 5.28. The maximum absolute atomic E-state index is 13.1. The second-order valence-corrected chi connectivity index (χ2v) is 30.9. The van der Waals surface area contributed by atoms with Crippen molar-refractivity contribution in [2.45, 2.75) is 382 Å². The minimum Gasteiger partial charge on any atom is -0.462 e. The molecule has 546 valence electrons. The molecule has 0 rings (SSSR count). The third-order valence-electron chi connectivity index (χ3n) is 17.2. The lowest BCUT2D eigenvalue weighted by atomic mass is 9.99. The monoisotopic (exact) mass is 1350 g/mol. The van der Waals surface area contributed by atoms with Gasteiger partial charge in [-0.25, -0.2) is 9.13 Å². The van der Waals surface area contributed by atoms with E-state index in [0.29, 0.717) is 25.7 Å². The zero-order valence-electron chi connectivity index (χ0n) is 60.2. The summed E-state index contributed by atoms with van der Waals surface area (Å²) in [7, 11) is -9.91. The third kappa shape index (κ3) is 65.4. The minimum atomic E-state index is -4.96. The van der Waals surface area contributed by atoms with Crippen molar-refractivity contribution in [3.8, 4) is 0 Å². The Morgan fingerprint density at radius 1 is 0.304 bits per heavy atom. The normalized spacial score (nSPS) is 14.5. The summed E-state index contributed by atoms with van der Waals surface area (Å²) in [5, 5.41) is 10.6. The number of phosphoric acid groups is 2. The first-order valence-electron chi connectivity index (χ1n) is 37.7. The second-order valence-electron chi connectivity index (χ2n) is 28.0. The summed E-state index contributed by atoms with van der Waals surface area (Å²) < 4.78 is 68.4. The predicted octanol–water partition coefficient (Wildman–Crippen LogP) is 20.9. The molecule has 3 N–H and O–H groups in total. The number of rotatable bonds is 70. The van der Waals surface area contributed by atoms with Crippen LogP contribution in [0.5, 0.6) is 0 Å². The van der Waals surface area contributed by atoms with Crippen LogP contribution in [-0.4, -0.2) is 96.7 Å². The zero-order valence-corrected chi connectivity index (χ0v) is 62.0. The highest BCUT2D eigenvalue weighted by Gasteiger charge is 2.30. The summed E-state index contributed by atoms with van der Waals surface area (Å²) in [6.07, 6.45) is 45.7. The molecule has 0 aliphatic carbocycles. The van der Waals surface area contributed by atoms with Crippen LogP contribution in [-0.2, 0) is 65.4 Å². The van der Waals surface area contributed by atoms with Crippen molar-refractivity contribution < 1.29 is 80.2 Å². The third-order valence-corrected chi connectivity index (χ3v) is 19.1. The van der Waals surface area contributed by atoms with Gasteiger partial charge in [0, 0.05) is 25.7 Å². The molecule has 19 heteroatoms. The standard InChI is InChI=1S/C73H142O17P2/c1-9-66(8)52-44-36-28-23-24-30-38-46-54-71(76)84-60-69(90-73(78)56-48-40-32-22-16-19-27-35-43-51-65(6)7)62-88-92(81,82)86-58-67(74)57-85-91(79,80)87-61-68(89-72(77)55-47-39-31-21-15-11-13-18-26-34-42-50-64(4)5)59-83-70(75)53-45-37-29-20-14-10-12-17-25-33-41-49-63(2)3/h63-69,74H,9-62H2,1-8H3,(H,79,80)(H,81,82)/t66?,67-,68-,69-/m1/s1. The van der Waals surface area contributed by atoms with Crippen LogP contribution in [0.1, 0.15) is 364 Å². The van der Waals surface area contributed by atoms with E-state index in [4.69, 9.17) is 37.0 Å². The van der Waals surface area contributed by atoms with Gasteiger partial charge in [0.25, 0.3) is 0 Å². The van der Waals surface area contributed by atoms with Gasteiger partial charge in [0.2, 0.25) is 0 Å². The van der Waals surface area contributed by atoms with Gasteiger partial charge in [-0.3, -0.25) is 37.3 Å². The number of carbonyl (C=O) groups excluding carboxylic acids is 4. The van der Waals surface area contributed by atoms with Crippen molar-refractivity contribution in [1.29, 1.82) is 0 Å². The first kappa shape index (κ1) is 90.1. The Hall–Kier alpha value is -1.94. The van der Waals surface area contributed by atoms with Crippen LogP contribution in [0, 0.1) is 23.7 Å². The molecule has 3 unspecified atom stereocenters. The van der Waals surface area contributed by atoms with E-state index in [0.717, 1.165) is 114 Å². The molecule has 0 aromatic rings. The average Bonchev–Trinajstić information content (AvgIpc) is 2.02. The van der Waals surface area contributed by atoms with Crippen LogP contribution in [0.15, 0.2) is 0 Å². The molecular formula is C73H142O17P2. The lowest BCUT2D eigenvalue weighted by molar-refractivity contribution is -0.161. The van der Waals surface area contributed by atoms with E-state index < -0.39 is 97.5 Å². The second kappa shape index (κ2) is 62.6. The number of carbonyl (C=O) groups is 4. The fourth-order valence-electron chi connectivity index (χ4n) is 11.0. The van der Waals surface area contributed by atoms with Crippen LogP contribution in [0.2, 0.25) is 0 Å². The van der Waals surface area contributed by atoms with Crippen molar-refractivity contribution in [2.24, 2.45) is 23.7 Å².